The Morgan fingerprint density at radius 2 is 1.88 bits per heavy atom. The van der Waals surface area contributed by atoms with Gasteiger partial charge >= 0.3 is 5.63 Å². The van der Waals surface area contributed by atoms with Crippen molar-refractivity contribution in [3.8, 4) is 0 Å². The molecule has 6 rings (SSSR count). The molecule has 0 spiro atoms. The molecule has 2 heterocycles. The Bertz CT molecular complexity index is 976. The van der Waals surface area contributed by atoms with Gasteiger partial charge < -0.3 is 20.4 Å². The van der Waals surface area contributed by atoms with E-state index in [-0.39, 0.29) is 34.8 Å². The third-order valence-electron chi connectivity index (χ3n) is 11.4. The van der Waals surface area contributed by atoms with Crippen LogP contribution in [-0.2, 0) is 0 Å². The number of likely N-dealkylation sites (tertiary alicyclic amines) is 1. The largest absolute Gasteiger partial charge is 0.431 e. The highest BCUT2D eigenvalue weighted by Gasteiger charge is 2.68. The van der Waals surface area contributed by atoms with E-state index in [9.17, 15) is 15.0 Å². The minimum absolute atomic E-state index is 0.196. The van der Waals surface area contributed by atoms with E-state index in [1.54, 1.807) is 6.26 Å². The average molecular weight is 471 g/mol. The molecule has 5 aliphatic rings. The van der Waals surface area contributed by atoms with Crippen LogP contribution >= 0.6 is 0 Å². The minimum Gasteiger partial charge on any atom is -0.431 e. The number of hydrogen-bond donors (Lipinski definition) is 3. The Hall–Kier alpha value is -1.21. The molecule has 1 unspecified atom stereocenters. The fourth-order valence-corrected chi connectivity index (χ4v) is 9.93. The summed E-state index contributed by atoms with van der Waals surface area (Å²) in [6.45, 7) is 6.66. The molecule has 4 aliphatic carbocycles. The van der Waals surface area contributed by atoms with Crippen molar-refractivity contribution in [3.05, 3.63) is 34.4 Å². The van der Waals surface area contributed by atoms with E-state index in [0.717, 1.165) is 76.4 Å². The maximum atomic E-state index is 12.4. The van der Waals surface area contributed by atoms with Crippen LogP contribution in [0.15, 0.2) is 27.6 Å². The maximum Gasteiger partial charge on any atom is 0.335 e. The fraction of sp³-hybridized carbons (Fsp3) is 0.821. The molecule has 10 atom stereocenters. The lowest BCUT2D eigenvalue weighted by Gasteiger charge is -2.64. The Kier molecular flexibility index (Phi) is 5.39. The predicted octanol–water partition coefficient (Wildman–Crippen LogP) is 3.25. The second-order valence-corrected chi connectivity index (χ2v) is 12.9. The van der Waals surface area contributed by atoms with Crippen molar-refractivity contribution >= 4 is 0 Å². The third kappa shape index (κ3) is 3.24. The quantitative estimate of drug-likeness (QED) is 0.614. The van der Waals surface area contributed by atoms with Gasteiger partial charge in [-0.25, -0.2) is 4.79 Å². The van der Waals surface area contributed by atoms with E-state index >= 15 is 0 Å². The lowest BCUT2D eigenvalue weighted by atomic mass is 9.44. The van der Waals surface area contributed by atoms with Crippen LogP contribution < -0.4 is 11.4 Å². The van der Waals surface area contributed by atoms with Crippen molar-refractivity contribution in [2.75, 3.05) is 13.1 Å². The second-order valence-electron chi connectivity index (χ2n) is 12.9. The van der Waals surface area contributed by atoms with E-state index in [2.05, 4.69) is 18.7 Å². The first-order valence-electron chi connectivity index (χ1n) is 13.7. The van der Waals surface area contributed by atoms with Crippen molar-refractivity contribution in [1.29, 1.82) is 0 Å². The van der Waals surface area contributed by atoms with Crippen LogP contribution in [0.5, 0.6) is 0 Å². The average Bonchev–Trinajstić information content (AvgIpc) is 3.34. The van der Waals surface area contributed by atoms with Gasteiger partial charge in [0.25, 0.3) is 0 Å². The Balaban J connectivity index is 1.27. The normalized spacial score (nSPS) is 51.0. The van der Waals surface area contributed by atoms with Gasteiger partial charge in [-0.1, -0.05) is 13.8 Å². The lowest BCUT2D eigenvalue weighted by molar-refractivity contribution is -0.230. The van der Waals surface area contributed by atoms with Crippen LogP contribution in [0.2, 0.25) is 0 Å². The summed E-state index contributed by atoms with van der Waals surface area (Å²) in [6.07, 6.45) is 10.1. The van der Waals surface area contributed by atoms with E-state index in [0.29, 0.717) is 17.9 Å². The van der Waals surface area contributed by atoms with Gasteiger partial charge in [-0.15, -0.1) is 0 Å². The molecule has 5 fully saturated rings. The van der Waals surface area contributed by atoms with Crippen LogP contribution in [0.4, 0.5) is 0 Å². The van der Waals surface area contributed by atoms with E-state index < -0.39 is 11.2 Å². The zero-order valence-corrected chi connectivity index (χ0v) is 20.8. The Morgan fingerprint density at radius 3 is 2.59 bits per heavy atom. The zero-order chi connectivity index (χ0) is 23.9. The van der Waals surface area contributed by atoms with Gasteiger partial charge in [0.05, 0.1) is 17.5 Å². The second kappa shape index (κ2) is 7.89. The first-order chi connectivity index (χ1) is 16.1. The molecule has 6 nitrogen and oxygen atoms in total. The number of hydrogen-bond acceptors (Lipinski definition) is 6. The van der Waals surface area contributed by atoms with Crippen molar-refractivity contribution < 1.29 is 14.6 Å². The van der Waals surface area contributed by atoms with Gasteiger partial charge in [-0.3, -0.25) is 4.90 Å². The van der Waals surface area contributed by atoms with E-state index in [1.807, 2.05) is 6.07 Å². The van der Waals surface area contributed by atoms with Crippen LogP contribution in [0.1, 0.15) is 83.1 Å². The predicted molar refractivity (Wildman–Crippen MR) is 130 cm³/mol. The highest BCUT2D eigenvalue weighted by atomic mass is 16.4. The fourth-order valence-electron chi connectivity index (χ4n) is 9.93. The van der Waals surface area contributed by atoms with Gasteiger partial charge in [0.1, 0.15) is 0 Å². The molecule has 1 aromatic rings. The zero-order valence-electron chi connectivity index (χ0n) is 20.8. The van der Waals surface area contributed by atoms with Crippen LogP contribution in [0, 0.1) is 29.1 Å². The molecule has 34 heavy (non-hydrogen) atoms. The van der Waals surface area contributed by atoms with Crippen LogP contribution in [0.3, 0.4) is 0 Å². The number of fused-ring (bicyclic) bond motifs is 5. The summed E-state index contributed by atoms with van der Waals surface area (Å²) < 4.78 is 5.22. The van der Waals surface area contributed by atoms with Crippen molar-refractivity contribution in [2.45, 2.75) is 101 Å². The van der Waals surface area contributed by atoms with Crippen LogP contribution in [0.25, 0.3) is 0 Å². The molecule has 6 heteroatoms. The van der Waals surface area contributed by atoms with Gasteiger partial charge in [-0.2, -0.15) is 0 Å². The topological polar surface area (TPSA) is 99.9 Å². The molecule has 0 amide bonds. The number of nitrogens with zero attached hydrogens (tertiary/aromatic N) is 1. The summed E-state index contributed by atoms with van der Waals surface area (Å²) in [4.78, 5) is 14.1. The van der Waals surface area contributed by atoms with Crippen molar-refractivity contribution in [1.82, 2.24) is 4.90 Å². The maximum absolute atomic E-state index is 12.4. The first kappa shape index (κ1) is 23.2. The molecule has 1 aliphatic heterocycles. The summed E-state index contributed by atoms with van der Waals surface area (Å²) in [5.74, 6) is 1.51. The molecular formula is C28H42N2O4. The number of nitrogens with two attached hydrogens (primary N) is 1. The highest BCUT2D eigenvalue weighted by Crippen LogP contribution is 2.69. The smallest absolute Gasteiger partial charge is 0.335 e. The first-order valence-corrected chi connectivity index (χ1v) is 13.7. The molecular weight excluding hydrogens is 428 g/mol. The third-order valence-corrected chi connectivity index (χ3v) is 11.4. The van der Waals surface area contributed by atoms with E-state index in [1.165, 1.54) is 6.07 Å². The summed E-state index contributed by atoms with van der Waals surface area (Å²) in [7, 11) is 0. The Labute approximate surface area is 202 Å². The molecule has 0 bridgehead atoms. The highest BCUT2D eigenvalue weighted by molar-refractivity contribution is 5.27. The summed E-state index contributed by atoms with van der Waals surface area (Å²) in [6, 6.07) is 4.14. The molecule has 1 saturated heterocycles. The van der Waals surface area contributed by atoms with Gasteiger partial charge in [0, 0.05) is 36.7 Å². The molecule has 4 N–H and O–H groups in total. The van der Waals surface area contributed by atoms with Gasteiger partial charge in [0.15, 0.2) is 0 Å². The lowest BCUT2D eigenvalue weighted by Crippen LogP contribution is -2.65. The standard InChI is InChI=1S/C28H42N2O4/c1-17-13-26(2)21(18-3-6-24(31)34-16-18)8-11-28(26,33)23-7-10-27(32)14-20(4-5-22(27)25(17)23)30-12-9-19(29)15-30/h3,6,16-17,19-23,25,32-33H,4-5,7-15,29H2,1-2H3/t17?,19-,20-,21+,22+,23+,25-,26+,27-,28-/m0/s1. The van der Waals surface area contributed by atoms with Crippen LogP contribution in [-0.4, -0.2) is 51.5 Å². The molecule has 0 aromatic carbocycles. The van der Waals surface area contributed by atoms with Gasteiger partial charge in [-0.05, 0) is 99.0 Å². The molecule has 4 saturated carbocycles. The Morgan fingerprint density at radius 1 is 1.06 bits per heavy atom. The number of rotatable bonds is 2. The van der Waals surface area contributed by atoms with E-state index in [4.69, 9.17) is 10.2 Å². The van der Waals surface area contributed by atoms with Gasteiger partial charge in [0.2, 0.25) is 0 Å². The SMILES string of the molecule is CC1C[C@]2(C)[C@@H](c3ccc(=O)oc3)CC[C@]2(O)[C@@H]2CC[C@]3(O)C[C@@H](N4CC[C@H](N)C4)CC[C@@H]3[C@H]12. The summed E-state index contributed by atoms with van der Waals surface area (Å²) >= 11 is 0. The van der Waals surface area contributed by atoms with Crippen molar-refractivity contribution in [3.63, 3.8) is 0 Å². The number of aliphatic hydroxyl groups is 2. The molecule has 188 valence electrons. The molecule has 1 aromatic heterocycles. The monoisotopic (exact) mass is 470 g/mol. The molecule has 0 radical (unpaired) electrons. The van der Waals surface area contributed by atoms with Crippen molar-refractivity contribution in [2.24, 2.45) is 34.8 Å². The summed E-state index contributed by atoms with van der Waals surface area (Å²) in [5.41, 5.74) is 5.32. The minimum atomic E-state index is -0.731. The summed E-state index contributed by atoms with van der Waals surface area (Å²) in [5, 5.41) is 24.4.